The Morgan fingerprint density at radius 2 is 1.84 bits per heavy atom. The van der Waals surface area contributed by atoms with Crippen molar-refractivity contribution in [2.24, 2.45) is 5.92 Å². The maximum absolute atomic E-state index is 12.0. The van der Waals surface area contributed by atoms with Crippen molar-refractivity contribution in [2.45, 2.75) is 76.9 Å². The number of hydrogen-bond donors (Lipinski definition) is 3. The molecule has 31 heavy (non-hydrogen) atoms. The molecule has 3 heterocycles. The first-order chi connectivity index (χ1) is 14.8. The molecule has 0 radical (unpaired) electrons. The highest BCUT2D eigenvalue weighted by atomic mass is 16.6. The Bertz CT molecular complexity index is 942. The van der Waals surface area contributed by atoms with Crippen LogP contribution in [0.3, 0.4) is 0 Å². The molecule has 0 aromatic carbocycles. The molecule has 4 rings (SSSR count). The normalized spacial score (nSPS) is 23.7. The molecular formula is C24H36N4O3. The molecule has 7 heteroatoms. The highest BCUT2D eigenvalue weighted by Gasteiger charge is 2.28. The van der Waals surface area contributed by atoms with Crippen LogP contribution < -0.4 is 10.9 Å². The van der Waals surface area contributed by atoms with Gasteiger partial charge < -0.3 is 24.9 Å². The Balaban J connectivity index is 1.22. The average Bonchev–Trinajstić information content (AvgIpc) is 3.12. The zero-order valence-electron chi connectivity index (χ0n) is 19.0. The van der Waals surface area contributed by atoms with Gasteiger partial charge in [-0.3, -0.25) is 4.79 Å². The highest BCUT2D eigenvalue weighted by molar-refractivity contribution is 5.79. The number of likely N-dealkylation sites (tertiary alicyclic amines) is 1. The molecule has 2 aliphatic rings. The van der Waals surface area contributed by atoms with Crippen LogP contribution in [0.25, 0.3) is 11.0 Å². The number of hydrogen-bond acceptors (Lipinski definition) is 4. The molecule has 7 nitrogen and oxygen atoms in total. The van der Waals surface area contributed by atoms with E-state index in [2.05, 4.69) is 26.4 Å². The number of H-pyrrole nitrogens is 2. The van der Waals surface area contributed by atoms with Crippen molar-refractivity contribution in [2.75, 3.05) is 19.6 Å². The smallest absolute Gasteiger partial charge is 0.407 e. The van der Waals surface area contributed by atoms with Crippen molar-refractivity contribution in [3.8, 4) is 0 Å². The van der Waals surface area contributed by atoms with E-state index in [0.717, 1.165) is 69.2 Å². The molecule has 1 amide bonds. The molecule has 0 spiro atoms. The molecule has 170 valence electrons. The van der Waals surface area contributed by atoms with Gasteiger partial charge in [0.15, 0.2) is 0 Å². The second-order valence-electron chi connectivity index (χ2n) is 10.3. The van der Waals surface area contributed by atoms with E-state index in [1.54, 1.807) is 6.07 Å². The summed E-state index contributed by atoms with van der Waals surface area (Å²) in [7, 11) is 0. The molecule has 2 aromatic heterocycles. The maximum Gasteiger partial charge on any atom is 0.407 e. The Hall–Kier alpha value is -2.28. The minimum Gasteiger partial charge on any atom is -0.444 e. The van der Waals surface area contributed by atoms with Gasteiger partial charge in [-0.15, -0.1) is 0 Å². The first kappa shape index (κ1) is 21.9. The number of aromatic amines is 2. The number of nitrogens with zero attached hydrogens (tertiary/aromatic N) is 1. The van der Waals surface area contributed by atoms with Gasteiger partial charge in [-0.1, -0.05) is 0 Å². The third-order valence-corrected chi connectivity index (χ3v) is 6.70. The minimum absolute atomic E-state index is 0.0393. The summed E-state index contributed by atoms with van der Waals surface area (Å²) in [5.74, 6) is 1.20. The van der Waals surface area contributed by atoms with Crippen molar-refractivity contribution in [1.82, 2.24) is 20.2 Å². The maximum atomic E-state index is 12.0. The topological polar surface area (TPSA) is 90.2 Å². The number of alkyl carbamates (subject to hydrolysis) is 1. The van der Waals surface area contributed by atoms with Gasteiger partial charge in [-0.2, -0.15) is 0 Å². The van der Waals surface area contributed by atoms with Crippen LogP contribution in [0.5, 0.6) is 0 Å². The van der Waals surface area contributed by atoms with Crippen LogP contribution in [0.1, 0.15) is 70.8 Å². The van der Waals surface area contributed by atoms with Gasteiger partial charge in [0.05, 0.1) is 11.0 Å². The summed E-state index contributed by atoms with van der Waals surface area (Å²) in [6.45, 7) is 9.03. The zero-order chi connectivity index (χ0) is 22.0. The predicted molar refractivity (Wildman–Crippen MR) is 122 cm³/mol. The number of piperidine rings is 1. The molecule has 0 bridgehead atoms. The van der Waals surface area contributed by atoms with Gasteiger partial charge in [0.25, 0.3) is 0 Å². The van der Waals surface area contributed by atoms with Crippen molar-refractivity contribution in [3.63, 3.8) is 0 Å². The fourth-order valence-corrected chi connectivity index (χ4v) is 5.13. The lowest BCUT2D eigenvalue weighted by Gasteiger charge is -2.36. The number of ether oxygens (including phenoxy) is 1. The Labute approximate surface area is 183 Å². The molecule has 1 aliphatic heterocycles. The third kappa shape index (κ3) is 5.70. The van der Waals surface area contributed by atoms with Gasteiger partial charge in [-0.05, 0) is 95.9 Å². The SMILES string of the molecule is CC(C)(C)OC(=O)NC1CCC(CN2CCC(c3c[nH]c4ccc(=O)[nH]c34)CC2)CC1. The summed E-state index contributed by atoms with van der Waals surface area (Å²) >= 11 is 0. The van der Waals surface area contributed by atoms with E-state index in [4.69, 9.17) is 4.74 Å². The quantitative estimate of drug-likeness (QED) is 0.683. The molecule has 3 N–H and O–H groups in total. The van der Waals surface area contributed by atoms with Crippen LogP contribution in [-0.4, -0.2) is 52.2 Å². The largest absolute Gasteiger partial charge is 0.444 e. The second-order valence-corrected chi connectivity index (χ2v) is 10.3. The number of rotatable bonds is 4. The van der Waals surface area contributed by atoms with Crippen molar-refractivity contribution >= 4 is 17.1 Å². The van der Waals surface area contributed by atoms with Gasteiger partial charge in [0.2, 0.25) is 5.56 Å². The van der Waals surface area contributed by atoms with Crippen molar-refractivity contribution < 1.29 is 9.53 Å². The summed E-state index contributed by atoms with van der Waals surface area (Å²) in [6.07, 6.45) is 8.40. The fourth-order valence-electron chi connectivity index (χ4n) is 5.13. The lowest BCUT2D eigenvalue weighted by Crippen LogP contribution is -2.43. The molecule has 1 saturated heterocycles. The first-order valence-electron chi connectivity index (χ1n) is 11.7. The monoisotopic (exact) mass is 428 g/mol. The third-order valence-electron chi connectivity index (χ3n) is 6.70. The van der Waals surface area contributed by atoms with Gasteiger partial charge in [-0.25, -0.2) is 4.79 Å². The van der Waals surface area contributed by atoms with Crippen LogP contribution in [-0.2, 0) is 4.74 Å². The van der Waals surface area contributed by atoms with Crippen molar-refractivity contribution in [1.29, 1.82) is 0 Å². The standard InChI is InChI=1S/C24H36N4O3/c1-24(2,3)31-23(30)26-18-6-4-16(5-7-18)15-28-12-10-17(11-13-28)19-14-25-20-8-9-21(29)27-22(19)20/h8-9,14,16-18,25H,4-7,10-13,15H2,1-3H3,(H,26,30)(H,27,29). The Kier molecular flexibility index (Phi) is 6.42. The number of nitrogens with one attached hydrogen (secondary N) is 3. The lowest BCUT2D eigenvalue weighted by molar-refractivity contribution is 0.0482. The van der Waals surface area contributed by atoms with Gasteiger partial charge in [0.1, 0.15) is 5.60 Å². The number of pyridine rings is 1. The van der Waals surface area contributed by atoms with Crippen molar-refractivity contribution in [3.05, 3.63) is 34.2 Å². The molecule has 0 atom stereocenters. The summed E-state index contributed by atoms with van der Waals surface area (Å²) in [5, 5.41) is 3.04. The number of carbonyl (C=O) groups is 1. The summed E-state index contributed by atoms with van der Waals surface area (Å²) in [4.78, 5) is 32.6. The van der Waals surface area contributed by atoms with E-state index in [-0.39, 0.29) is 17.7 Å². The predicted octanol–water partition coefficient (Wildman–Crippen LogP) is 4.12. The number of carbonyl (C=O) groups excluding carboxylic acids is 1. The van der Waals surface area contributed by atoms with E-state index in [1.165, 1.54) is 5.56 Å². The first-order valence-corrected chi connectivity index (χ1v) is 11.7. The molecular weight excluding hydrogens is 392 g/mol. The van der Waals surface area contributed by atoms with Crippen LogP contribution in [0.4, 0.5) is 4.79 Å². The molecule has 2 fully saturated rings. The minimum atomic E-state index is -0.449. The summed E-state index contributed by atoms with van der Waals surface area (Å²) < 4.78 is 5.38. The fraction of sp³-hybridized carbons (Fsp3) is 0.667. The number of amides is 1. The van der Waals surface area contributed by atoms with Crippen LogP contribution in [0, 0.1) is 5.92 Å². The number of aromatic nitrogens is 2. The molecule has 2 aromatic rings. The van der Waals surface area contributed by atoms with E-state index in [1.807, 2.05) is 26.8 Å². The van der Waals surface area contributed by atoms with E-state index < -0.39 is 5.60 Å². The molecule has 1 saturated carbocycles. The number of fused-ring (bicyclic) bond motifs is 1. The lowest BCUT2D eigenvalue weighted by atomic mass is 9.84. The summed E-state index contributed by atoms with van der Waals surface area (Å²) in [6, 6.07) is 3.67. The molecule has 0 unspecified atom stereocenters. The Morgan fingerprint density at radius 1 is 1.13 bits per heavy atom. The zero-order valence-corrected chi connectivity index (χ0v) is 19.0. The van der Waals surface area contributed by atoms with E-state index in [0.29, 0.717) is 11.8 Å². The van der Waals surface area contributed by atoms with Crippen LogP contribution in [0.15, 0.2) is 23.1 Å². The average molecular weight is 429 g/mol. The van der Waals surface area contributed by atoms with Gasteiger partial charge >= 0.3 is 6.09 Å². The molecule has 1 aliphatic carbocycles. The second kappa shape index (κ2) is 9.07. The van der Waals surface area contributed by atoms with Crippen LogP contribution >= 0.6 is 0 Å². The Morgan fingerprint density at radius 3 is 2.52 bits per heavy atom. The summed E-state index contributed by atoms with van der Waals surface area (Å²) in [5.41, 5.74) is 2.74. The van der Waals surface area contributed by atoms with E-state index >= 15 is 0 Å². The highest BCUT2D eigenvalue weighted by Crippen LogP contribution is 2.33. The van der Waals surface area contributed by atoms with Gasteiger partial charge in [0, 0.05) is 24.8 Å². The van der Waals surface area contributed by atoms with E-state index in [9.17, 15) is 9.59 Å². The van der Waals surface area contributed by atoms with Crippen LogP contribution in [0.2, 0.25) is 0 Å².